The molecule has 1 aliphatic heterocycles. The summed E-state index contributed by atoms with van der Waals surface area (Å²) in [5, 5.41) is 4.96. The van der Waals surface area contributed by atoms with Crippen molar-refractivity contribution in [3.63, 3.8) is 0 Å². The summed E-state index contributed by atoms with van der Waals surface area (Å²) in [6.45, 7) is 3.93. The van der Waals surface area contributed by atoms with Crippen molar-refractivity contribution >= 4 is 46.0 Å². The Morgan fingerprint density at radius 2 is 1.42 bits per heavy atom. The van der Waals surface area contributed by atoms with E-state index in [1.165, 1.54) is 0 Å². The van der Waals surface area contributed by atoms with Crippen molar-refractivity contribution in [2.45, 2.75) is 6.92 Å². The molecule has 7 nitrogen and oxygen atoms in total. The zero-order valence-corrected chi connectivity index (χ0v) is 22.1. The lowest BCUT2D eigenvalue weighted by Gasteiger charge is -2.36. The summed E-state index contributed by atoms with van der Waals surface area (Å²) >= 11 is 12.8. The number of hydrogen-bond donors (Lipinski definition) is 0. The van der Waals surface area contributed by atoms with E-state index in [9.17, 15) is 4.79 Å². The maximum absolute atomic E-state index is 13.7. The van der Waals surface area contributed by atoms with Crippen molar-refractivity contribution in [3.05, 3.63) is 94.2 Å². The van der Waals surface area contributed by atoms with Crippen LogP contribution >= 0.6 is 23.2 Å². The highest BCUT2D eigenvalue weighted by atomic mass is 35.5. The van der Waals surface area contributed by atoms with Crippen molar-refractivity contribution < 1.29 is 9.32 Å². The van der Waals surface area contributed by atoms with E-state index >= 15 is 0 Å². The molecule has 3 aromatic carbocycles. The van der Waals surface area contributed by atoms with E-state index in [0.717, 1.165) is 28.1 Å². The van der Waals surface area contributed by atoms with E-state index in [0.29, 0.717) is 58.8 Å². The highest BCUT2D eigenvalue weighted by Gasteiger charge is 2.31. The third-order valence-corrected chi connectivity index (χ3v) is 7.37. The van der Waals surface area contributed by atoms with E-state index < -0.39 is 0 Å². The number of piperazine rings is 1. The Bertz CT molecular complexity index is 1630. The fourth-order valence-corrected chi connectivity index (χ4v) is 5.38. The Balaban J connectivity index is 1.29. The van der Waals surface area contributed by atoms with E-state index in [-0.39, 0.29) is 5.91 Å². The van der Waals surface area contributed by atoms with Gasteiger partial charge in [-0.1, -0.05) is 76.9 Å². The number of hydrogen-bond acceptors (Lipinski definition) is 6. The van der Waals surface area contributed by atoms with Crippen LogP contribution in [-0.2, 0) is 0 Å². The number of nitrogens with zero attached hydrogens (tertiary/aromatic N) is 5. The molecule has 0 unspecified atom stereocenters. The van der Waals surface area contributed by atoms with Crippen LogP contribution < -0.4 is 4.90 Å². The number of rotatable bonds is 4. The zero-order chi connectivity index (χ0) is 26.2. The fraction of sp³-hybridized carbons (Fsp3) is 0.172. The Morgan fingerprint density at radius 1 is 0.789 bits per heavy atom. The molecule has 3 heterocycles. The van der Waals surface area contributed by atoms with Crippen molar-refractivity contribution in [1.29, 1.82) is 0 Å². The first-order valence-corrected chi connectivity index (χ1v) is 13.0. The number of anilines is 1. The molecule has 1 saturated heterocycles. The van der Waals surface area contributed by atoms with E-state index in [1.807, 2.05) is 54.6 Å². The third-order valence-electron chi connectivity index (χ3n) is 6.74. The van der Waals surface area contributed by atoms with Gasteiger partial charge in [0.2, 0.25) is 0 Å². The monoisotopic (exact) mass is 543 g/mol. The Kier molecular flexibility index (Phi) is 6.47. The molecule has 190 valence electrons. The highest BCUT2D eigenvalue weighted by Crippen LogP contribution is 2.37. The van der Waals surface area contributed by atoms with Gasteiger partial charge < -0.3 is 14.3 Å². The van der Waals surface area contributed by atoms with Gasteiger partial charge in [0.25, 0.3) is 5.91 Å². The molecular weight excluding hydrogens is 521 g/mol. The molecule has 9 heteroatoms. The average molecular weight is 544 g/mol. The van der Waals surface area contributed by atoms with Gasteiger partial charge in [-0.2, -0.15) is 0 Å². The molecule has 1 amide bonds. The molecule has 0 aliphatic carbocycles. The van der Waals surface area contributed by atoms with Gasteiger partial charge in [-0.25, -0.2) is 9.97 Å². The lowest BCUT2D eigenvalue weighted by molar-refractivity contribution is 0.0745. The quantitative estimate of drug-likeness (QED) is 0.256. The molecule has 1 aliphatic rings. The number of benzene rings is 3. The van der Waals surface area contributed by atoms with Gasteiger partial charge in [0.15, 0.2) is 5.82 Å². The number of para-hydroxylation sites is 2. The summed E-state index contributed by atoms with van der Waals surface area (Å²) in [7, 11) is 0. The van der Waals surface area contributed by atoms with E-state index in [4.69, 9.17) is 37.7 Å². The van der Waals surface area contributed by atoms with Crippen LogP contribution in [0, 0.1) is 6.92 Å². The van der Waals surface area contributed by atoms with Gasteiger partial charge in [0.05, 0.1) is 21.1 Å². The lowest BCUT2D eigenvalue weighted by Crippen LogP contribution is -2.49. The Morgan fingerprint density at radius 3 is 2.11 bits per heavy atom. The summed E-state index contributed by atoms with van der Waals surface area (Å²) < 4.78 is 5.42. The predicted molar refractivity (Wildman–Crippen MR) is 150 cm³/mol. The number of carbonyl (C=O) groups excluding carboxylic acids is 1. The van der Waals surface area contributed by atoms with Crippen molar-refractivity contribution in [2.24, 2.45) is 0 Å². The second-order valence-corrected chi connectivity index (χ2v) is 9.90. The minimum Gasteiger partial charge on any atom is -0.360 e. The van der Waals surface area contributed by atoms with Crippen LogP contribution in [0.5, 0.6) is 0 Å². The van der Waals surface area contributed by atoms with Crippen molar-refractivity contribution in [2.75, 3.05) is 31.1 Å². The van der Waals surface area contributed by atoms with E-state index in [2.05, 4.69) is 10.1 Å². The summed E-state index contributed by atoms with van der Waals surface area (Å²) in [5.74, 6) is 1.07. The van der Waals surface area contributed by atoms with Gasteiger partial charge in [-0.05, 0) is 31.2 Å². The Hall–Kier alpha value is -3.94. The molecule has 1 fully saturated rings. The van der Waals surface area contributed by atoms with Gasteiger partial charge in [0, 0.05) is 37.3 Å². The second kappa shape index (κ2) is 10.1. The van der Waals surface area contributed by atoms with Crippen LogP contribution in [0.3, 0.4) is 0 Å². The maximum atomic E-state index is 13.7. The summed E-state index contributed by atoms with van der Waals surface area (Å²) in [6.07, 6.45) is 0. The third kappa shape index (κ3) is 4.38. The van der Waals surface area contributed by atoms with Crippen LogP contribution in [0.4, 0.5) is 5.82 Å². The molecule has 0 radical (unpaired) electrons. The first-order valence-electron chi connectivity index (χ1n) is 12.3. The molecule has 6 rings (SSSR count). The maximum Gasteiger partial charge on any atom is 0.259 e. The van der Waals surface area contributed by atoms with Gasteiger partial charge in [-0.3, -0.25) is 4.79 Å². The lowest BCUT2D eigenvalue weighted by atomic mass is 10.0. The normalized spacial score (nSPS) is 13.8. The second-order valence-electron chi connectivity index (χ2n) is 9.09. The minimum absolute atomic E-state index is 0.165. The molecule has 0 atom stereocenters. The number of carbonyl (C=O) groups is 1. The topological polar surface area (TPSA) is 75.4 Å². The number of fused-ring (bicyclic) bond motifs is 1. The number of aromatic nitrogens is 3. The molecule has 0 saturated carbocycles. The smallest absolute Gasteiger partial charge is 0.259 e. The molecule has 5 aromatic rings. The molecule has 0 spiro atoms. The highest BCUT2D eigenvalue weighted by molar-refractivity contribution is 6.39. The number of amides is 1. The van der Waals surface area contributed by atoms with Crippen molar-refractivity contribution in [1.82, 2.24) is 20.0 Å². The molecule has 38 heavy (non-hydrogen) atoms. The Labute approximate surface area is 229 Å². The first kappa shape index (κ1) is 24.4. The first-order chi connectivity index (χ1) is 18.5. The number of halogens is 2. The van der Waals surface area contributed by atoms with Crippen LogP contribution in [0.2, 0.25) is 10.0 Å². The van der Waals surface area contributed by atoms with Crippen LogP contribution in [0.15, 0.2) is 77.3 Å². The van der Waals surface area contributed by atoms with Crippen LogP contribution in [-0.4, -0.2) is 52.1 Å². The summed E-state index contributed by atoms with van der Waals surface area (Å²) in [4.78, 5) is 27.6. The molecule has 0 bridgehead atoms. The van der Waals surface area contributed by atoms with Gasteiger partial charge >= 0.3 is 0 Å². The fourth-order valence-electron chi connectivity index (χ4n) is 4.80. The largest absolute Gasteiger partial charge is 0.360 e. The molecule has 2 aromatic heterocycles. The SMILES string of the molecule is Cc1onc(-c2c(Cl)cccc2Cl)c1C(=O)N1CCN(c2nc3ccccc3nc2-c2ccccc2)CC1. The van der Waals surface area contributed by atoms with Crippen molar-refractivity contribution in [3.8, 4) is 22.5 Å². The van der Waals surface area contributed by atoms with Gasteiger partial charge in [0.1, 0.15) is 22.7 Å². The minimum atomic E-state index is -0.165. The summed E-state index contributed by atoms with van der Waals surface area (Å²) in [6, 6.07) is 23.1. The standard InChI is InChI=1S/C29H23Cl2N5O2/c1-18-24(27(34-38-18)25-20(30)10-7-11-21(25)31)29(37)36-16-14-35(15-17-36)28-26(19-8-3-2-4-9-19)32-22-12-5-6-13-23(22)33-28/h2-13H,14-17H2,1H3. The molecule has 0 N–H and O–H groups in total. The average Bonchev–Trinajstić information content (AvgIpc) is 3.33. The summed E-state index contributed by atoms with van der Waals surface area (Å²) in [5.41, 5.74) is 4.74. The predicted octanol–water partition coefficient (Wildman–Crippen LogP) is 6.53. The zero-order valence-electron chi connectivity index (χ0n) is 20.6. The van der Waals surface area contributed by atoms with Crippen LogP contribution in [0.1, 0.15) is 16.1 Å². The number of aryl methyl sites for hydroxylation is 1. The van der Waals surface area contributed by atoms with Gasteiger partial charge in [-0.15, -0.1) is 0 Å². The van der Waals surface area contributed by atoms with Crippen LogP contribution in [0.25, 0.3) is 33.5 Å². The molecular formula is C29H23Cl2N5O2. The van der Waals surface area contributed by atoms with E-state index in [1.54, 1.807) is 30.0 Å².